The molecule has 10 heteroatoms. The van der Waals surface area contributed by atoms with E-state index in [9.17, 15) is 9.32 Å². The van der Waals surface area contributed by atoms with E-state index in [1.807, 2.05) is 37.4 Å². The van der Waals surface area contributed by atoms with Crippen LogP contribution in [-0.4, -0.2) is 85.9 Å². The molecule has 4 saturated heterocycles. The molecule has 4 unspecified atom stereocenters. The second-order valence-electron chi connectivity index (χ2n) is 12.9. The summed E-state index contributed by atoms with van der Waals surface area (Å²) in [4.78, 5) is 15.4. The second-order valence-corrected chi connectivity index (χ2v) is 14.4. The maximum atomic E-state index is 14.3. The van der Waals surface area contributed by atoms with Crippen molar-refractivity contribution in [3.63, 3.8) is 0 Å². The molecule has 5 aliphatic heterocycles. The predicted molar refractivity (Wildman–Crippen MR) is 165 cm³/mol. The quantitative estimate of drug-likeness (QED) is 0.464. The van der Waals surface area contributed by atoms with Gasteiger partial charge in [-0.15, -0.1) is 0 Å². The molecule has 1 aromatic heterocycles. The Kier molecular flexibility index (Phi) is 6.24. The van der Waals surface area contributed by atoms with Crippen molar-refractivity contribution in [3.8, 4) is 11.8 Å². The number of benzene rings is 2. The van der Waals surface area contributed by atoms with Gasteiger partial charge >= 0.3 is 6.01 Å². The van der Waals surface area contributed by atoms with Gasteiger partial charge in [0.05, 0.1) is 16.9 Å². The fourth-order valence-electron chi connectivity index (χ4n) is 8.17. The third-order valence-electron chi connectivity index (χ3n) is 10.00. The Labute approximate surface area is 249 Å². The average Bonchev–Trinajstić information content (AvgIpc) is 3.63. The van der Waals surface area contributed by atoms with Crippen LogP contribution in [0, 0.1) is 5.92 Å². The van der Waals surface area contributed by atoms with Crippen LogP contribution in [0.4, 0.5) is 5.82 Å². The Morgan fingerprint density at radius 1 is 1.14 bits per heavy atom. The fraction of sp³-hybridized carbons (Fsp3) is 0.500. The van der Waals surface area contributed by atoms with Crippen LogP contribution in [-0.2, 0) is 11.0 Å². The first kappa shape index (κ1) is 26.4. The van der Waals surface area contributed by atoms with Crippen molar-refractivity contribution < 1.29 is 14.1 Å². The normalized spacial score (nSPS) is 30.5. The lowest BCUT2D eigenvalue weighted by atomic mass is 9.92. The van der Waals surface area contributed by atoms with Gasteiger partial charge < -0.3 is 20.1 Å². The summed E-state index contributed by atoms with van der Waals surface area (Å²) in [6.07, 6.45) is 7.75. The van der Waals surface area contributed by atoms with Crippen LogP contribution in [0.2, 0.25) is 0 Å². The SMILES string of the molecule is CC1CN2CCC[C@@]2(COc2nc3c(c(N4CC5CCC(C4)N5)n2)S(=O)N(C)C(c2cc(O)cc4ccccc24)=C3)C1. The molecule has 0 aliphatic carbocycles. The van der Waals surface area contributed by atoms with Gasteiger partial charge in [0.25, 0.3) is 0 Å². The molecule has 6 heterocycles. The summed E-state index contributed by atoms with van der Waals surface area (Å²) in [6.45, 7) is 6.79. The first-order valence-corrected chi connectivity index (χ1v) is 16.4. The summed E-state index contributed by atoms with van der Waals surface area (Å²) >= 11 is 0. The number of piperazine rings is 1. The third kappa shape index (κ3) is 4.29. The lowest BCUT2D eigenvalue weighted by Gasteiger charge is -2.36. The standard InChI is InChI=1S/C32H38N6O3S/c1-20-15-32(10-5-11-38(32)16-20)19-41-31-34-27-14-28(26-13-24(39)12-21-6-3-4-7-25(21)26)36(2)42(40)29(27)30(35-31)37-17-22-8-9-23(18-37)33-22/h3-4,6-7,12-14,20,22-23,33,39H,5,8-11,15-19H2,1-2H3/t20?,22?,23?,32-,42?/m0/s1. The molecule has 0 spiro atoms. The van der Waals surface area contributed by atoms with Crippen LogP contribution in [0.3, 0.4) is 0 Å². The Balaban J connectivity index is 1.24. The van der Waals surface area contributed by atoms with Gasteiger partial charge in [0, 0.05) is 44.3 Å². The van der Waals surface area contributed by atoms with Crippen LogP contribution in [0.15, 0.2) is 41.3 Å². The number of nitrogens with one attached hydrogen (secondary N) is 1. The number of phenols is 1. The number of nitrogens with zero attached hydrogens (tertiary/aromatic N) is 5. The Morgan fingerprint density at radius 2 is 1.95 bits per heavy atom. The first-order valence-electron chi connectivity index (χ1n) is 15.3. The van der Waals surface area contributed by atoms with Crippen molar-refractivity contribution in [2.45, 2.75) is 61.5 Å². The number of aromatic nitrogens is 2. The summed E-state index contributed by atoms with van der Waals surface area (Å²) in [5, 5.41) is 16.2. The summed E-state index contributed by atoms with van der Waals surface area (Å²) in [5.74, 6) is 1.55. The number of ether oxygens (including phenoxy) is 1. The maximum Gasteiger partial charge on any atom is 0.319 e. The molecule has 2 bridgehead atoms. The van der Waals surface area contributed by atoms with E-state index in [2.05, 4.69) is 22.0 Å². The van der Waals surface area contributed by atoms with Crippen LogP contribution in [0.1, 0.15) is 50.3 Å². The Bertz CT molecular complexity index is 1620. The van der Waals surface area contributed by atoms with Gasteiger partial charge in [-0.05, 0) is 73.5 Å². The largest absolute Gasteiger partial charge is 0.508 e. The van der Waals surface area contributed by atoms with Crippen molar-refractivity contribution in [3.05, 3.63) is 47.7 Å². The Hall–Kier alpha value is -3.21. The van der Waals surface area contributed by atoms with E-state index < -0.39 is 11.0 Å². The molecule has 8 rings (SSSR count). The smallest absolute Gasteiger partial charge is 0.319 e. The molecule has 5 atom stereocenters. The van der Waals surface area contributed by atoms with Crippen molar-refractivity contribution in [1.29, 1.82) is 0 Å². The molecule has 3 aromatic rings. The molecule has 5 aliphatic rings. The van der Waals surface area contributed by atoms with Gasteiger partial charge in [0.15, 0.2) is 16.8 Å². The number of aromatic hydroxyl groups is 1. The van der Waals surface area contributed by atoms with Crippen molar-refractivity contribution in [2.75, 3.05) is 44.7 Å². The summed E-state index contributed by atoms with van der Waals surface area (Å²) in [5.41, 5.74) is 2.24. The highest BCUT2D eigenvalue weighted by Gasteiger charge is 2.48. The lowest BCUT2D eigenvalue weighted by molar-refractivity contribution is 0.107. The topological polar surface area (TPSA) is 94.1 Å². The molecule has 2 N–H and O–H groups in total. The summed E-state index contributed by atoms with van der Waals surface area (Å²) in [6, 6.07) is 12.6. The van der Waals surface area contributed by atoms with Gasteiger partial charge in [0.1, 0.15) is 17.3 Å². The van der Waals surface area contributed by atoms with Crippen LogP contribution in [0.5, 0.6) is 11.8 Å². The van der Waals surface area contributed by atoms with E-state index in [0.29, 0.717) is 41.2 Å². The van der Waals surface area contributed by atoms with Gasteiger partial charge in [-0.25, -0.2) is 4.21 Å². The Morgan fingerprint density at radius 3 is 2.79 bits per heavy atom. The highest BCUT2D eigenvalue weighted by Crippen LogP contribution is 2.43. The number of anilines is 1. The van der Waals surface area contributed by atoms with E-state index in [4.69, 9.17) is 14.7 Å². The third-order valence-corrected chi connectivity index (χ3v) is 11.4. The van der Waals surface area contributed by atoms with E-state index in [-0.39, 0.29) is 11.3 Å². The van der Waals surface area contributed by atoms with Gasteiger partial charge in [-0.2, -0.15) is 9.97 Å². The number of phenolic OH excluding ortho intramolecular Hbond substituents is 1. The molecule has 0 radical (unpaired) electrons. The number of hydrogen-bond donors (Lipinski definition) is 2. The predicted octanol–water partition coefficient (Wildman–Crippen LogP) is 4.00. The van der Waals surface area contributed by atoms with Crippen molar-refractivity contribution >= 4 is 39.3 Å². The average molecular weight is 587 g/mol. The molecule has 220 valence electrons. The molecule has 2 aromatic carbocycles. The van der Waals surface area contributed by atoms with Crippen LogP contribution < -0.4 is 15.0 Å². The van der Waals surface area contributed by atoms with Gasteiger partial charge in [-0.1, -0.05) is 31.2 Å². The monoisotopic (exact) mass is 586 g/mol. The molecular weight excluding hydrogens is 548 g/mol. The molecule has 42 heavy (non-hydrogen) atoms. The highest BCUT2D eigenvalue weighted by atomic mass is 32.2. The zero-order valence-corrected chi connectivity index (χ0v) is 25.1. The fourth-order valence-corrected chi connectivity index (χ4v) is 9.39. The minimum Gasteiger partial charge on any atom is -0.508 e. The van der Waals surface area contributed by atoms with Gasteiger partial charge in [0.2, 0.25) is 0 Å². The van der Waals surface area contributed by atoms with Crippen LogP contribution >= 0.6 is 0 Å². The van der Waals surface area contributed by atoms with Crippen molar-refractivity contribution in [1.82, 2.24) is 24.5 Å². The molecule has 9 nitrogen and oxygen atoms in total. The number of hydrogen-bond acceptors (Lipinski definition) is 8. The second kappa shape index (κ2) is 9.92. The van der Waals surface area contributed by atoms with Gasteiger partial charge in [-0.3, -0.25) is 9.21 Å². The summed E-state index contributed by atoms with van der Waals surface area (Å²) in [7, 11) is 0.294. The zero-order chi connectivity index (χ0) is 28.6. The number of rotatable bonds is 5. The molecular formula is C32H38N6O3S. The molecule has 0 saturated carbocycles. The van der Waals surface area contributed by atoms with E-state index in [1.54, 1.807) is 16.4 Å². The minimum absolute atomic E-state index is 0.0531. The van der Waals surface area contributed by atoms with Crippen molar-refractivity contribution in [2.24, 2.45) is 5.92 Å². The molecule has 0 amide bonds. The number of fused-ring (bicyclic) bond motifs is 5. The first-order chi connectivity index (χ1) is 20.4. The van der Waals surface area contributed by atoms with E-state index in [0.717, 1.165) is 79.7 Å². The minimum atomic E-state index is -1.55. The van der Waals surface area contributed by atoms with Crippen LogP contribution in [0.25, 0.3) is 22.5 Å². The maximum absolute atomic E-state index is 14.3. The van der Waals surface area contributed by atoms with E-state index in [1.165, 1.54) is 6.42 Å². The zero-order valence-electron chi connectivity index (χ0n) is 24.3. The highest BCUT2D eigenvalue weighted by molar-refractivity contribution is 7.83. The molecule has 4 fully saturated rings. The van der Waals surface area contributed by atoms with E-state index >= 15 is 0 Å². The summed E-state index contributed by atoms with van der Waals surface area (Å²) < 4.78 is 22.6. The lowest BCUT2D eigenvalue weighted by Crippen LogP contribution is -2.52.